The molecule has 1 N–H and O–H groups in total. The Morgan fingerprint density at radius 3 is 2.08 bits per heavy atom. The molecule has 9 nitrogen and oxygen atoms in total. The molecule has 0 radical (unpaired) electrons. The molecular formula is C27H28N2O7. The van der Waals surface area contributed by atoms with Crippen LogP contribution in [0.1, 0.15) is 31.9 Å². The van der Waals surface area contributed by atoms with Gasteiger partial charge >= 0.3 is 12.1 Å². The van der Waals surface area contributed by atoms with Gasteiger partial charge in [-0.25, -0.2) is 9.59 Å². The minimum absolute atomic E-state index is 0.0373. The number of rotatable bonds is 9. The Kier molecular flexibility index (Phi) is 8.61. The van der Waals surface area contributed by atoms with Gasteiger partial charge in [-0.3, -0.25) is 10.1 Å². The molecule has 9 heteroatoms. The Hall–Kier alpha value is -4.40. The first-order valence-corrected chi connectivity index (χ1v) is 11.3. The molecule has 1 atom stereocenters. The molecule has 3 aromatic carbocycles. The number of hydrogen-bond donors (Lipinski definition) is 1. The van der Waals surface area contributed by atoms with Crippen molar-refractivity contribution in [2.24, 2.45) is 0 Å². The molecule has 0 heterocycles. The summed E-state index contributed by atoms with van der Waals surface area (Å²) in [7, 11) is 0. The maximum absolute atomic E-state index is 12.9. The molecule has 0 spiro atoms. The summed E-state index contributed by atoms with van der Waals surface area (Å²) in [4.78, 5) is 35.7. The molecule has 0 aliphatic heterocycles. The van der Waals surface area contributed by atoms with E-state index in [0.717, 1.165) is 11.1 Å². The molecule has 188 valence electrons. The summed E-state index contributed by atoms with van der Waals surface area (Å²) in [6.07, 6.45) is -0.653. The van der Waals surface area contributed by atoms with E-state index < -0.39 is 23.0 Å². The van der Waals surface area contributed by atoms with Crippen LogP contribution in [0.3, 0.4) is 0 Å². The van der Waals surface area contributed by atoms with Crippen LogP contribution in [0.25, 0.3) is 0 Å². The number of carbonyl (C=O) groups is 2. The van der Waals surface area contributed by atoms with Gasteiger partial charge in [-0.15, -0.1) is 0 Å². The number of benzene rings is 3. The van der Waals surface area contributed by atoms with Crippen LogP contribution in [0.4, 0.5) is 10.5 Å². The number of hydrogen-bond acceptors (Lipinski definition) is 7. The third-order valence-corrected chi connectivity index (χ3v) is 4.84. The number of alkyl carbamates (subject to hydrolysis) is 1. The molecule has 0 saturated heterocycles. The smallest absolute Gasteiger partial charge is 0.408 e. The topological polar surface area (TPSA) is 117 Å². The number of esters is 1. The van der Waals surface area contributed by atoms with Gasteiger partial charge in [0, 0.05) is 18.6 Å². The summed E-state index contributed by atoms with van der Waals surface area (Å²) in [5, 5.41) is 13.4. The van der Waals surface area contributed by atoms with Crippen molar-refractivity contribution in [3.63, 3.8) is 0 Å². The van der Waals surface area contributed by atoms with Crippen LogP contribution in [-0.2, 0) is 22.6 Å². The number of nitro groups is 1. The quantitative estimate of drug-likeness (QED) is 0.188. The lowest BCUT2D eigenvalue weighted by atomic mass is 10.1. The number of nitrogens with one attached hydrogen (secondary N) is 1. The van der Waals surface area contributed by atoms with Crippen molar-refractivity contribution in [2.45, 2.75) is 45.4 Å². The largest absolute Gasteiger partial charge is 0.488 e. The van der Waals surface area contributed by atoms with Crippen molar-refractivity contribution < 1.29 is 28.7 Å². The lowest BCUT2D eigenvalue weighted by molar-refractivity contribution is -0.384. The molecule has 0 saturated carbocycles. The molecular weight excluding hydrogens is 464 g/mol. The molecule has 0 aromatic heterocycles. The number of carbonyl (C=O) groups excluding carboxylic acids is 2. The normalized spacial score (nSPS) is 11.8. The molecule has 3 aromatic rings. The summed E-state index contributed by atoms with van der Waals surface area (Å²) >= 11 is 0. The Labute approximate surface area is 209 Å². The van der Waals surface area contributed by atoms with Gasteiger partial charge in [0.15, 0.2) is 0 Å². The van der Waals surface area contributed by atoms with Crippen LogP contribution in [0.15, 0.2) is 78.9 Å². The number of amides is 1. The van der Waals surface area contributed by atoms with E-state index in [1.54, 1.807) is 24.3 Å². The molecule has 36 heavy (non-hydrogen) atoms. The first-order valence-electron chi connectivity index (χ1n) is 11.3. The van der Waals surface area contributed by atoms with Crippen molar-refractivity contribution >= 4 is 17.7 Å². The van der Waals surface area contributed by atoms with Crippen molar-refractivity contribution in [2.75, 3.05) is 0 Å². The molecule has 0 unspecified atom stereocenters. The number of non-ortho nitro benzene ring substituents is 1. The fourth-order valence-corrected chi connectivity index (χ4v) is 3.21. The number of nitrogens with zero attached hydrogens (tertiary/aromatic N) is 1. The van der Waals surface area contributed by atoms with Gasteiger partial charge in [-0.05, 0) is 56.2 Å². The average molecular weight is 493 g/mol. The standard InChI is InChI=1S/C27H28N2O7/c1-27(2,3)36-23-13-9-19(10-14-23)17-24(28-26(31)34-18-20-7-5-4-6-8-20)25(30)35-22-15-11-21(12-16-22)29(32)33/h4-16,24H,17-18H2,1-3H3,(H,28,31)/t24-/m0/s1. The minimum Gasteiger partial charge on any atom is -0.488 e. The van der Waals surface area contributed by atoms with Crippen molar-refractivity contribution in [3.8, 4) is 11.5 Å². The summed E-state index contributed by atoms with van der Waals surface area (Å²) in [6, 6.07) is 20.3. The van der Waals surface area contributed by atoms with Gasteiger partial charge in [0.05, 0.1) is 4.92 Å². The van der Waals surface area contributed by atoms with Crippen LogP contribution in [0.5, 0.6) is 11.5 Å². The van der Waals surface area contributed by atoms with Crippen LogP contribution in [-0.4, -0.2) is 28.6 Å². The van der Waals surface area contributed by atoms with E-state index in [9.17, 15) is 19.7 Å². The highest BCUT2D eigenvalue weighted by atomic mass is 16.6. The number of nitro benzene ring substituents is 1. The highest BCUT2D eigenvalue weighted by Crippen LogP contribution is 2.21. The zero-order valence-electron chi connectivity index (χ0n) is 20.3. The Morgan fingerprint density at radius 2 is 1.50 bits per heavy atom. The van der Waals surface area contributed by atoms with Gasteiger partial charge in [0.25, 0.3) is 5.69 Å². The predicted octanol–water partition coefficient (Wildman–Crippen LogP) is 5.22. The first-order chi connectivity index (χ1) is 17.1. The molecule has 0 fully saturated rings. The summed E-state index contributed by atoms with van der Waals surface area (Å²) in [6.45, 7) is 5.86. The number of ether oxygens (including phenoxy) is 3. The fourth-order valence-electron chi connectivity index (χ4n) is 3.21. The van der Waals surface area contributed by atoms with E-state index in [0.29, 0.717) is 5.75 Å². The SMILES string of the molecule is CC(C)(C)Oc1ccc(C[C@H](NC(=O)OCc2ccccc2)C(=O)Oc2ccc([N+](=O)[O-])cc2)cc1. The Morgan fingerprint density at radius 1 is 0.889 bits per heavy atom. The maximum atomic E-state index is 12.9. The van der Waals surface area contributed by atoms with Crippen molar-refractivity contribution in [1.82, 2.24) is 5.32 Å². The lowest BCUT2D eigenvalue weighted by Crippen LogP contribution is -2.44. The third kappa shape index (κ3) is 8.43. The molecule has 1 amide bonds. The monoisotopic (exact) mass is 492 g/mol. The Balaban J connectivity index is 1.70. The van der Waals surface area contributed by atoms with E-state index in [2.05, 4.69) is 5.32 Å². The molecule has 0 aliphatic rings. The second-order valence-corrected chi connectivity index (χ2v) is 8.99. The second-order valence-electron chi connectivity index (χ2n) is 8.99. The van der Waals surface area contributed by atoms with Gasteiger partial charge in [-0.2, -0.15) is 0 Å². The average Bonchev–Trinajstić information content (AvgIpc) is 2.83. The summed E-state index contributed by atoms with van der Waals surface area (Å²) in [5.41, 5.74) is 1.06. The van der Waals surface area contributed by atoms with Crippen molar-refractivity contribution in [3.05, 3.63) is 100 Å². The van der Waals surface area contributed by atoms with Crippen LogP contribution < -0.4 is 14.8 Å². The summed E-state index contributed by atoms with van der Waals surface area (Å²) < 4.78 is 16.5. The van der Waals surface area contributed by atoms with Gasteiger partial charge in [-0.1, -0.05) is 42.5 Å². The van der Waals surface area contributed by atoms with E-state index in [4.69, 9.17) is 14.2 Å². The Bertz CT molecular complexity index is 1170. The summed E-state index contributed by atoms with van der Waals surface area (Å²) in [5.74, 6) is 0.0472. The third-order valence-electron chi connectivity index (χ3n) is 4.84. The predicted molar refractivity (Wildman–Crippen MR) is 133 cm³/mol. The van der Waals surface area contributed by atoms with Crippen LogP contribution in [0, 0.1) is 10.1 Å². The van der Waals surface area contributed by atoms with Gasteiger partial charge in [0.2, 0.25) is 0 Å². The zero-order chi connectivity index (χ0) is 26.1. The highest BCUT2D eigenvalue weighted by molar-refractivity contribution is 5.83. The maximum Gasteiger partial charge on any atom is 0.408 e. The van der Waals surface area contributed by atoms with Crippen molar-refractivity contribution in [1.29, 1.82) is 0 Å². The highest BCUT2D eigenvalue weighted by Gasteiger charge is 2.25. The van der Waals surface area contributed by atoms with Gasteiger partial charge < -0.3 is 19.5 Å². The van der Waals surface area contributed by atoms with E-state index in [1.807, 2.05) is 51.1 Å². The molecule has 3 rings (SSSR count). The first kappa shape index (κ1) is 26.2. The minimum atomic E-state index is -1.07. The van der Waals surface area contributed by atoms with E-state index in [1.165, 1.54) is 24.3 Å². The van der Waals surface area contributed by atoms with E-state index in [-0.39, 0.29) is 30.1 Å². The van der Waals surface area contributed by atoms with Crippen LogP contribution in [0.2, 0.25) is 0 Å². The van der Waals surface area contributed by atoms with Gasteiger partial charge in [0.1, 0.15) is 29.7 Å². The zero-order valence-corrected chi connectivity index (χ0v) is 20.3. The second kappa shape index (κ2) is 11.8. The van der Waals surface area contributed by atoms with Crippen LogP contribution >= 0.6 is 0 Å². The molecule has 0 bridgehead atoms. The lowest BCUT2D eigenvalue weighted by Gasteiger charge is -2.21. The molecule has 0 aliphatic carbocycles. The van der Waals surface area contributed by atoms with E-state index >= 15 is 0 Å². The fraction of sp³-hybridized carbons (Fsp3) is 0.259.